The first-order chi connectivity index (χ1) is 6.36. The summed E-state index contributed by atoms with van der Waals surface area (Å²) in [5.74, 6) is 0.930. The summed E-state index contributed by atoms with van der Waals surface area (Å²) in [6, 6.07) is 0. The van der Waals surface area contributed by atoms with E-state index in [-0.39, 0.29) is 0 Å². The molecule has 0 N–H and O–H groups in total. The Morgan fingerprint density at radius 3 is 2.46 bits per heavy atom. The molecule has 1 heterocycles. The summed E-state index contributed by atoms with van der Waals surface area (Å²) in [4.78, 5) is 2.55. The van der Waals surface area contributed by atoms with Crippen LogP contribution in [0.25, 0.3) is 0 Å². The zero-order valence-electron chi connectivity index (χ0n) is 9.13. The Labute approximate surface area is 82.8 Å². The summed E-state index contributed by atoms with van der Waals surface area (Å²) < 4.78 is 0. The standard InChI is InChI=1S/C12H23N/c1-3-5-8-12(4-2)11-13-9-6-7-10-13/h6-7,12H,3-5,8-11H2,1-2H3. The second-order valence-electron chi connectivity index (χ2n) is 4.11. The van der Waals surface area contributed by atoms with E-state index in [0.717, 1.165) is 5.92 Å². The van der Waals surface area contributed by atoms with Crippen molar-refractivity contribution in [2.24, 2.45) is 5.92 Å². The molecule has 0 fully saturated rings. The minimum absolute atomic E-state index is 0.930. The molecule has 0 aliphatic carbocycles. The highest BCUT2D eigenvalue weighted by Crippen LogP contribution is 2.15. The highest BCUT2D eigenvalue weighted by Gasteiger charge is 2.12. The summed E-state index contributed by atoms with van der Waals surface area (Å²) in [5.41, 5.74) is 0. The van der Waals surface area contributed by atoms with Crippen LogP contribution in [-0.2, 0) is 0 Å². The molecule has 13 heavy (non-hydrogen) atoms. The van der Waals surface area contributed by atoms with Gasteiger partial charge in [-0.3, -0.25) is 4.90 Å². The normalized spacial score (nSPS) is 19.5. The van der Waals surface area contributed by atoms with Gasteiger partial charge in [0.15, 0.2) is 0 Å². The van der Waals surface area contributed by atoms with Crippen molar-refractivity contribution < 1.29 is 0 Å². The monoisotopic (exact) mass is 181 g/mol. The molecule has 0 bridgehead atoms. The van der Waals surface area contributed by atoms with Crippen molar-refractivity contribution in [1.82, 2.24) is 4.90 Å². The van der Waals surface area contributed by atoms with E-state index < -0.39 is 0 Å². The first-order valence-corrected chi connectivity index (χ1v) is 5.74. The average Bonchev–Trinajstić information content (AvgIpc) is 2.64. The zero-order valence-corrected chi connectivity index (χ0v) is 9.13. The third kappa shape index (κ3) is 3.95. The smallest absolute Gasteiger partial charge is 0.0167 e. The SMILES string of the molecule is CCCCC(CC)CN1CC=CC1. The molecule has 0 radical (unpaired) electrons. The molecule has 1 aliphatic rings. The van der Waals surface area contributed by atoms with Crippen LogP contribution >= 0.6 is 0 Å². The van der Waals surface area contributed by atoms with Gasteiger partial charge in [0.1, 0.15) is 0 Å². The van der Waals surface area contributed by atoms with Crippen LogP contribution in [-0.4, -0.2) is 24.5 Å². The highest BCUT2D eigenvalue weighted by atomic mass is 15.1. The molecule has 76 valence electrons. The van der Waals surface area contributed by atoms with Gasteiger partial charge in [0.05, 0.1) is 0 Å². The van der Waals surface area contributed by atoms with Gasteiger partial charge in [-0.15, -0.1) is 0 Å². The predicted molar refractivity (Wildman–Crippen MR) is 58.9 cm³/mol. The van der Waals surface area contributed by atoms with Gasteiger partial charge in [-0.1, -0.05) is 45.3 Å². The Hall–Kier alpha value is -0.300. The molecule has 0 aromatic rings. The van der Waals surface area contributed by atoms with Gasteiger partial charge in [0.25, 0.3) is 0 Å². The summed E-state index contributed by atoms with van der Waals surface area (Å²) >= 11 is 0. The fourth-order valence-electron chi connectivity index (χ4n) is 1.95. The maximum Gasteiger partial charge on any atom is 0.0167 e. The number of nitrogens with zero attached hydrogens (tertiary/aromatic N) is 1. The highest BCUT2D eigenvalue weighted by molar-refractivity contribution is 4.95. The van der Waals surface area contributed by atoms with Crippen LogP contribution in [0.5, 0.6) is 0 Å². The van der Waals surface area contributed by atoms with Crippen LogP contribution in [0, 0.1) is 5.92 Å². The largest absolute Gasteiger partial charge is 0.296 e. The van der Waals surface area contributed by atoms with Gasteiger partial charge in [-0.05, 0) is 12.3 Å². The van der Waals surface area contributed by atoms with Gasteiger partial charge < -0.3 is 0 Å². The van der Waals surface area contributed by atoms with E-state index in [0.29, 0.717) is 0 Å². The third-order valence-electron chi connectivity index (χ3n) is 2.95. The average molecular weight is 181 g/mol. The first kappa shape index (κ1) is 10.8. The van der Waals surface area contributed by atoms with Crippen LogP contribution in [0.2, 0.25) is 0 Å². The van der Waals surface area contributed by atoms with Gasteiger partial charge in [0, 0.05) is 19.6 Å². The van der Waals surface area contributed by atoms with Crippen molar-refractivity contribution in [2.75, 3.05) is 19.6 Å². The Kier molecular flexibility index (Phi) is 5.14. The second-order valence-corrected chi connectivity index (χ2v) is 4.11. The molecule has 1 atom stereocenters. The minimum atomic E-state index is 0.930. The maximum atomic E-state index is 2.55. The van der Waals surface area contributed by atoms with Crippen LogP contribution in [0.4, 0.5) is 0 Å². The number of hydrogen-bond donors (Lipinski definition) is 0. The van der Waals surface area contributed by atoms with E-state index in [4.69, 9.17) is 0 Å². The first-order valence-electron chi connectivity index (χ1n) is 5.74. The molecule has 0 saturated heterocycles. The molecule has 1 heteroatoms. The summed E-state index contributed by atoms with van der Waals surface area (Å²) in [6.45, 7) is 8.28. The summed E-state index contributed by atoms with van der Waals surface area (Å²) in [7, 11) is 0. The van der Waals surface area contributed by atoms with E-state index in [9.17, 15) is 0 Å². The predicted octanol–water partition coefficient (Wildman–Crippen LogP) is 3.07. The topological polar surface area (TPSA) is 3.24 Å². The fourth-order valence-corrected chi connectivity index (χ4v) is 1.95. The lowest BCUT2D eigenvalue weighted by atomic mass is 9.99. The number of rotatable bonds is 6. The van der Waals surface area contributed by atoms with Crippen LogP contribution in [0.15, 0.2) is 12.2 Å². The lowest BCUT2D eigenvalue weighted by Crippen LogP contribution is -2.26. The van der Waals surface area contributed by atoms with Crippen molar-refractivity contribution in [3.8, 4) is 0 Å². The van der Waals surface area contributed by atoms with Crippen LogP contribution in [0.1, 0.15) is 39.5 Å². The maximum absolute atomic E-state index is 2.55. The molecule has 0 spiro atoms. The molecule has 1 rings (SSSR count). The number of unbranched alkanes of at least 4 members (excludes halogenated alkanes) is 1. The Morgan fingerprint density at radius 2 is 1.92 bits per heavy atom. The van der Waals surface area contributed by atoms with Gasteiger partial charge in [-0.25, -0.2) is 0 Å². The van der Waals surface area contributed by atoms with Crippen molar-refractivity contribution in [2.45, 2.75) is 39.5 Å². The molecule has 1 aliphatic heterocycles. The van der Waals surface area contributed by atoms with E-state index in [1.807, 2.05) is 0 Å². The lowest BCUT2D eigenvalue weighted by Gasteiger charge is -2.22. The molecule has 0 amide bonds. The van der Waals surface area contributed by atoms with Crippen molar-refractivity contribution in [3.63, 3.8) is 0 Å². The van der Waals surface area contributed by atoms with Gasteiger partial charge in [-0.2, -0.15) is 0 Å². The Balaban J connectivity index is 2.14. The Morgan fingerprint density at radius 1 is 1.23 bits per heavy atom. The van der Waals surface area contributed by atoms with Crippen molar-refractivity contribution in [1.29, 1.82) is 0 Å². The molecule has 0 saturated carbocycles. The fraction of sp³-hybridized carbons (Fsp3) is 0.833. The quantitative estimate of drug-likeness (QED) is 0.569. The van der Waals surface area contributed by atoms with Crippen LogP contribution < -0.4 is 0 Å². The zero-order chi connectivity index (χ0) is 9.52. The van der Waals surface area contributed by atoms with Crippen LogP contribution in [0.3, 0.4) is 0 Å². The lowest BCUT2D eigenvalue weighted by molar-refractivity contribution is 0.269. The van der Waals surface area contributed by atoms with E-state index in [1.165, 1.54) is 45.3 Å². The Bertz CT molecular complexity index is 143. The van der Waals surface area contributed by atoms with Gasteiger partial charge >= 0.3 is 0 Å². The van der Waals surface area contributed by atoms with Crippen molar-refractivity contribution in [3.05, 3.63) is 12.2 Å². The van der Waals surface area contributed by atoms with E-state index >= 15 is 0 Å². The van der Waals surface area contributed by atoms with Crippen molar-refractivity contribution >= 4 is 0 Å². The molecule has 0 aromatic heterocycles. The molecule has 1 unspecified atom stereocenters. The third-order valence-corrected chi connectivity index (χ3v) is 2.95. The molecule has 1 nitrogen and oxygen atoms in total. The molecule has 0 aromatic carbocycles. The summed E-state index contributed by atoms with van der Waals surface area (Å²) in [6.07, 6.45) is 10.1. The minimum Gasteiger partial charge on any atom is -0.296 e. The summed E-state index contributed by atoms with van der Waals surface area (Å²) in [5, 5.41) is 0. The molecular weight excluding hydrogens is 158 g/mol. The van der Waals surface area contributed by atoms with Gasteiger partial charge in [0.2, 0.25) is 0 Å². The molecular formula is C12H23N. The van der Waals surface area contributed by atoms with E-state index in [1.54, 1.807) is 0 Å². The van der Waals surface area contributed by atoms with E-state index in [2.05, 4.69) is 30.9 Å². The number of hydrogen-bond acceptors (Lipinski definition) is 1. The second kappa shape index (κ2) is 6.20.